The topological polar surface area (TPSA) is 92.2 Å². The van der Waals surface area contributed by atoms with E-state index in [-0.39, 0.29) is 17.7 Å². The van der Waals surface area contributed by atoms with Crippen LogP contribution < -0.4 is 15.4 Å². The number of allylic oxidation sites excluding steroid dienone is 2. The van der Waals surface area contributed by atoms with Crippen molar-refractivity contribution in [2.45, 2.75) is 12.8 Å². The van der Waals surface area contributed by atoms with E-state index < -0.39 is 5.92 Å². The Bertz CT molecular complexity index is 894. The molecule has 2 aliphatic heterocycles. The van der Waals surface area contributed by atoms with Gasteiger partial charge in [-0.2, -0.15) is 0 Å². The highest BCUT2D eigenvalue weighted by atomic mass is 16.5. The van der Waals surface area contributed by atoms with E-state index in [0.717, 1.165) is 12.8 Å². The van der Waals surface area contributed by atoms with E-state index in [9.17, 15) is 9.59 Å². The molecular formula is C19H18N4O3. The molecule has 0 aromatic heterocycles. The van der Waals surface area contributed by atoms with Gasteiger partial charge in [-0.3, -0.25) is 9.59 Å². The SMILES string of the molecule is COc1ccccc1N=C1C=C(NC(=O)C2CC2)N=C2C=CNC(=O)C21. The Morgan fingerprint density at radius 2 is 2.15 bits per heavy atom. The molecule has 2 N–H and O–H groups in total. The number of hydrogen-bond acceptors (Lipinski definition) is 5. The third-order valence-corrected chi connectivity index (χ3v) is 4.40. The maximum Gasteiger partial charge on any atom is 0.239 e. The highest BCUT2D eigenvalue weighted by molar-refractivity contribution is 6.31. The van der Waals surface area contributed by atoms with Crippen LogP contribution in [0.1, 0.15) is 12.8 Å². The zero-order valence-corrected chi connectivity index (χ0v) is 14.2. The summed E-state index contributed by atoms with van der Waals surface area (Å²) in [5.74, 6) is 0.206. The van der Waals surface area contributed by atoms with Gasteiger partial charge in [0.2, 0.25) is 11.8 Å². The second kappa shape index (κ2) is 6.59. The second-order valence-corrected chi connectivity index (χ2v) is 6.31. The highest BCUT2D eigenvalue weighted by Crippen LogP contribution is 2.31. The Morgan fingerprint density at radius 3 is 2.92 bits per heavy atom. The normalized spacial score (nSPS) is 22.9. The van der Waals surface area contributed by atoms with Crippen LogP contribution in [0, 0.1) is 11.8 Å². The average molecular weight is 350 g/mol. The number of nitrogens with one attached hydrogen (secondary N) is 2. The lowest BCUT2D eigenvalue weighted by Crippen LogP contribution is -2.43. The van der Waals surface area contributed by atoms with Gasteiger partial charge in [-0.25, -0.2) is 9.98 Å². The van der Waals surface area contributed by atoms with Gasteiger partial charge in [0.25, 0.3) is 0 Å². The van der Waals surface area contributed by atoms with Crippen molar-refractivity contribution in [3.8, 4) is 5.75 Å². The van der Waals surface area contributed by atoms with Crippen LogP contribution in [0.3, 0.4) is 0 Å². The summed E-state index contributed by atoms with van der Waals surface area (Å²) in [6.07, 6.45) is 6.73. The quantitative estimate of drug-likeness (QED) is 0.868. The van der Waals surface area contributed by atoms with Crippen LogP contribution in [-0.2, 0) is 9.59 Å². The lowest BCUT2D eigenvalue weighted by Gasteiger charge is -2.24. The second-order valence-electron chi connectivity index (χ2n) is 6.31. The summed E-state index contributed by atoms with van der Waals surface area (Å²) >= 11 is 0. The molecule has 1 aliphatic carbocycles. The number of methoxy groups -OCH3 is 1. The number of carbonyl (C=O) groups excluding carboxylic acids is 2. The largest absolute Gasteiger partial charge is 0.494 e. The molecule has 1 aromatic rings. The zero-order chi connectivity index (χ0) is 18.1. The molecule has 7 heteroatoms. The van der Waals surface area contributed by atoms with E-state index in [4.69, 9.17) is 4.74 Å². The van der Waals surface area contributed by atoms with Gasteiger partial charge >= 0.3 is 0 Å². The Balaban J connectivity index is 1.74. The van der Waals surface area contributed by atoms with Crippen molar-refractivity contribution in [3.63, 3.8) is 0 Å². The standard InChI is InChI=1S/C19H18N4O3/c1-26-15-5-3-2-4-12(15)21-14-10-16(23-18(24)11-6-7-11)22-13-8-9-20-19(25)17(13)14/h2-5,8-11,17H,6-7H2,1H3,(H,20,25)(H,23,24). The molecule has 0 radical (unpaired) electrons. The molecule has 2 heterocycles. The molecule has 1 atom stereocenters. The smallest absolute Gasteiger partial charge is 0.239 e. The summed E-state index contributed by atoms with van der Waals surface area (Å²) in [5, 5.41) is 5.51. The molecule has 2 amide bonds. The van der Waals surface area contributed by atoms with Gasteiger partial charge in [0, 0.05) is 18.2 Å². The molecule has 1 fully saturated rings. The number of rotatable bonds is 4. The fourth-order valence-corrected chi connectivity index (χ4v) is 2.90. The van der Waals surface area contributed by atoms with Crippen LogP contribution in [0.4, 0.5) is 5.69 Å². The third kappa shape index (κ3) is 3.15. The number of fused-ring (bicyclic) bond motifs is 1. The maximum absolute atomic E-state index is 12.4. The third-order valence-electron chi connectivity index (χ3n) is 4.40. The average Bonchev–Trinajstić information content (AvgIpc) is 3.47. The van der Waals surface area contributed by atoms with Gasteiger partial charge < -0.3 is 15.4 Å². The van der Waals surface area contributed by atoms with Crippen LogP contribution in [-0.4, -0.2) is 30.3 Å². The van der Waals surface area contributed by atoms with Crippen LogP contribution in [0.2, 0.25) is 0 Å². The first kappa shape index (κ1) is 16.3. The van der Waals surface area contributed by atoms with Crippen molar-refractivity contribution >= 4 is 28.9 Å². The first-order chi connectivity index (χ1) is 12.7. The molecular weight excluding hydrogens is 332 g/mol. The molecule has 3 aliphatic rings. The summed E-state index contributed by atoms with van der Waals surface area (Å²) < 4.78 is 5.34. The van der Waals surface area contributed by atoms with Crippen LogP contribution >= 0.6 is 0 Å². The number of benzene rings is 1. The minimum Gasteiger partial charge on any atom is -0.494 e. The van der Waals surface area contributed by atoms with Gasteiger partial charge in [-0.1, -0.05) is 12.1 Å². The molecule has 1 unspecified atom stereocenters. The first-order valence-corrected chi connectivity index (χ1v) is 8.45. The minimum atomic E-state index is -0.619. The Hall–Kier alpha value is -3.22. The molecule has 0 saturated heterocycles. The van der Waals surface area contributed by atoms with Crippen LogP contribution in [0.25, 0.3) is 0 Å². The maximum atomic E-state index is 12.4. The minimum absolute atomic E-state index is 0.0417. The number of nitrogens with zero attached hydrogens (tertiary/aromatic N) is 2. The van der Waals surface area contributed by atoms with Gasteiger partial charge in [-0.15, -0.1) is 0 Å². The predicted octanol–water partition coefficient (Wildman–Crippen LogP) is 1.85. The van der Waals surface area contributed by atoms with Crippen LogP contribution in [0.5, 0.6) is 5.75 Å². The number of carbonyl (C=O) groups is 2. The summed E-state index contributed by atoms with van der Waals surface area (Å²) in [6, 6.07) is 7.31. The Kier molecular flexibility index (Phi) is 4.12. The molecule has 132 valence electrons. The number of para-hydroxylation sites is 2. The van der Waals surface area contributed by atoms with E-state index >= 15 is 0 Å². The number of aliphatic imine (C=N–C) groups is 2. The van der Waals surface area contributed by atoms with Gasteiger partial charge in [0.1, 0.15) is 23.2 Å². The van der Waals surface area contributed by atoms with Crippen molar-refractivity contribution in [2.75, 3.05) is 7.11 Å². The van der Waals surface area contributed by atoms with E-state index in [1.165, 1.54) is 0 Å². The molecule has 0 spiro atoms. The molecule has 7 nitrogen and oxygen atoms in total. The zero-order valence-electron chi connectivity index (χ0n) is 14.2. The fourth-order valence-electron chi connectivity index (χ4n) is 2.90. The summed E-state index contributed by atoms with van der Waals surface area (Å²) in [6.45, 7) is 0. The monoisotopic (exact) mass is 350 g/mol. The Labute approximate surface area is 150 Å². The fraction of sp³-hybridized carbons (Fsp3) is 0.263. The molecule has 4 rings (SSSR count). The lowest BCUT2D eigenvalue weighted by molar-refractivity contribution is -0.121. The number of hydrogen-bond donors (Lipinski definition) is 2. The lowest BCUT2D eigenvalue weighted by atomic mass is 9.91. The van der Waals surface area contributed by atoms with E-state index in [1.54, 1.807) is 31.5 Å². The van der Waals surface area contributed by atoms with Gasteiger partial charge in [-0.05, 0) is 31.1 Å². The summed E-state index contributed by atoms with van der Waals surface area (Å²) in [7, 11) is 1.57. The van der Waals surface area contributed by atoms with Crippen molar-refractivity contribution < 1.29 is 14.3 Å². The summed E-state index contributed by atoms with van der Waals surface area (Å²) in [4.78, 5) is 33.5. The van der Waals surface area contributed by atoms with E-state index in [0.29, 0.717) is 28.7 Å². The van der Waals surface area contributed by atoms with Gasteiger partial charge in [0.05, 0.1) is 18.5 Å². The van der Waals surface area contributed by atoms with E-state index in [2.05, 4.69) is 20.6 Å². The number of amides is 2. The molecule has 1 aromatic carbocycles. The molecule has 0 bridgehead atoms. The predicted molar refractivity (Wildman–Crippen MR) is 97.2 cm³/mol. The highest BCUT2D eigenvalue weighted by Gasteiger charge is 2.35. The van der Waals surface area contributed by atoms with E-state index in [1.807, 2.05) is 18.2 Å². The molecule has 1 saturated carbocycles. The van der Waals surface area contributed by atoms with Crippen molar-refractivity contribution in [3.05, 3.63) is 48.4 Å². The van der Waals surface area contributed by atoms with Crippen molar-refractivity contribution in [1.29, 1.82) is 0 Å². The van der Waals surface area contributed by atoms with Crippen molar-refractivity contribution in [2.24, 2.45) is 21.8 Å². The van der Waals surface area contributed by atoms with Crippen molar-refractivity contribution in [1.82, 2.24) is 10.6 Å². The molecule has 26 heavy (non-hydrogen) atoms. The van der Waals surface area contributed by atoms with Crippen LogP contribution in [0.15, 0.2) is 58.4 Å². The van der Waals surface area contributed by atoms with Gasteiger partial charge in [0.15, 0.2) is 0 Å². The number of ether oxygens (including phenoxy) is 1. The first-order valence-electron chi connectivity index (χ1n) is 8.45. The Morgan fingerprint density at radius 1 is 1.35 bits per heavy atom. The summed E-state index contributed by atoms with van der Waals surface area (Å²) in [5.41, 5.74) is 1.67.